The molecule has 0 aliphatic carbocycles. The molecule has 0 saturated carbocycles. The third-order valence-electron chi connectivity index (χ3n) is 2.99. The summed E-state index contributed by atoms with van der Waals surface area (Å²) in [7, 11) is 0. The summed E-state index contributed by atoms with van der Waals surface area (Å²) < 4.78 is 38.0. The fourth-order valence-corrected chi connectivity index (χ4v) is 2.33. The number of benzene rings is 1. The van der Waals surface area contributed by atoms with Crippen LogP contribution in [-0.2, 0) is 12.7 Å². The first kappa shape index (κ1) is 13.6. The van der Waals surface area contributed by atoms with E-state index in [9.17, 15) is 18.3 Å². The van der Waals surface area contributed by atoms with Gasteiger partial charge in [-0.15, -0.1) is 0 Å². The summed E-state index contributed by atoms with van der Waals surface area (Å²) in [6.45, 7) is 1.60. The molecule has 100 valence electrons. The first-order chi connectivity index (χ1) is 8.36. The van der Waals surface area contributed by atoms with E-state index >= 15 is 0 Å². The van der Waals surface area contributed by atoms with Gasteiger partial charge in [0.15, 0.2) is 0 Å². The van der Waals surface area contributed by atoms with Crippen LogP contribution in [0.3, 0.4) is 0 Å². The van der Waals surface area contributed by atoms with Crippen LogP contribution in [-0.4, -0.2) is 29.2 Å². The summed E-state index contributed by atoms with van der Waals surface area (Å²) in [6, 6.07) is 3.93. The number of hydrogen-bond donors (Lipinski definition) is 1. The summed E-state index contributed by atoms with van der Waals surface area (Å²) >= 11 is 5.55. The molecular weight excluding hydrogens is 267 g/mol. The minimum atomic E-state index is -4.43. The Bertz CT molecular complexity index is 436. The molecule has 1 aliphatic heterocycles. The van der Waals surface area contributed by atoms with Crippen molar-refractivity contribution in [1.82, 2.24) is 4.90 Å². The Morgan fingerprint density at radius 2 is 2.11 bits per heavy atom. The van der Waals surface area contributed by atoms with Gasteiger partial charge in [0, 0.05) is 19.6 Å². The Hall–Kier alpha value is -0.780. The molecule has 0 unspecified atom stereocenters. The predicted octanol–water partition coefficient (Wildman–Crippen LogP) is 2.93. The topological polar surface area (TPSA) is 23.5 Å². The van der Waals surface area contributed by atoms with Crippen LogP contribution in [0.25, 0.3) is 0 Å². The smallest absolute Gasteiger partial charge is 0.392 e. The maximum absolute atomic E-state index is 12.7. The fraction of sp³-hybridized carbons (Fsp3) is 0.500. The van der Waals surface area contributed by atoms with E-state index in [1.165, 1.54) is 6.07 Å². The van der Waals surface area contributed by atoms with Gasteiger partial charge in [0.05, 0.1) is 16.7 Å². The molecule has 1 fully saturated rings. The third kappa shape index (κ3) is 3.16. The highest BCUT2D eigenvalue weighted by Crippen LogP contribution is 2.35. The van der Waals surface area contributed by atoms with Gasteiger partial charge in [-0.3, -0.25) is 4.90 Å². The highest BCUT2D eigenvalue weighted by Gasteiger charge is 2.33. The summed E-state index contributed by atoms with van der Waals surface area (Å²) in [4.78, 5) is 1.92. The van der Waals surface area contributed by atoms with Crippen LogP contribution in [0.5, 0.6) is 0 Å². The van der Waals surface area contributed by atoms with Gasteiger partial charge in [-0.2, -0.15) is 13.2 Å². The third-order valence-corrected chi connectivity index (χ3v) is 3.32. The lowest BCUT2D eigenvalue weighted by molar-refractivity contribution is -0.137. The Morgan fingerprint density at radius 1 is 1.39 bits per heavy atom. The maximum atomic E-state index is 12.7. The van der Waals surface area contributed by atoms with Gasteiger partial charge in [-0.05, 0) is 24.1 Å². The van der Waals surface area contributed by atoms with E-state index in [2.05, 4.69) is 0 Å². The maximum Gasteiger partial charge on any atom is 0.417 e. The van der Waals surface area contributed by atoms with Gasteiger partial charge < -0.3 is 5.11 Å². The van der Waals surface area contributed by atoms with Crippen LogP contribution < -0.4 is 0 Å². The van der Waals surface area contributed by atoms with Crippen LogP contribution in [0, 0.1) is 0 Å². The molecule has 2 rings (SSSR count). The zero-order valence-electron chi connectivity index (χ0n) is 9.54. The second-order valence-electron chi connectivity index (χ2n) is 4.49. The number of hydrogen-bond acceptors (Lipinski definition) is 2. The monoisotopic (exact) mass is 279 g/mol. The fourth-order valence-electron chi connectivity index (χ4n) is 2.10. The quantitative estimate of drug-likeness (QED) is 0.900. The van der Waals surface area contributed by atoms with Gasteiger partial charge >= 0.3 is 6.18 Å². The number of aliphatic hydroxyl groups is 1. The molecule has 1 heterocycles. The van der Waals surface area contributed by atoms with Gasteiger partial charge in [0.1, 0.15) is 0 Å². The number of alkyl halides is 3. The molecule has 1 aliphatic rings. The van der Waals surface area contributed by atoms with Crippen LogP contribution in [0.4, 0.5) is 13.2 Å². The number of nitrogens with zero attached hydrogens (tertiary/aromatic N) is 1. The molecule has 0 aromatic heterocycles. The van der Waals surface area contributed by atoms with E-state index in [1.807, 2.05) is 4.90 Å². The molecule has 18 heavy (non-hydrogen) atoms. The first-order valence-corrected chi connectivity index (χ1v) is 6.00. The number of β-amino-alcohol motifs (C(OH)–C–C–N with tert-alkyl or cyclic N) is 1. The van der Waals surface area contributed by atoms with E-state index < -0.39 is 11.7 Å². The van der Waals surface area contributed by atoms with E-state index in [1.54, 1.807) is 6.07 Å². The summed E-state index contributed by atoms with van der Waals surface area (Å²) in [5.74, 6) is 0. The SMILES string of the molecule is O[C@@H]1CCN(Cc2ccc(Cl)c(C(F)(F)F)c2)C1. The van der Waals surface area contributed by atoms with E-state index in [-0.39, 0.29) is 11.1 Å². The molecule has 6 heteroatoms. The summed E-state index contributed by atoms with van der Waals surface area (Å²) in [5.41, 5.74) is -0.248. The second-order valence-corrected chi connectivity index (χ2v) is 4.90. The number of likely N-dealkylation sites (tertiary alicyclic amines) is 1. The molecule has 1 atom stereocenters. The number of aliphatic hydroxyl groups excluding tert-OH is 1. The Balaban J connectivity index is 2.15. The Morgan fingerprint density at radius 3 is 2.67 bits per heavy atom. The molecule has 0 bridgehead atoms. The van der Waals surface area contributed by atoms with Crippen molar-refractivity contribution < 1.29 is 18.3 Å². The van der Waals surface area contributed by atoms with Crippen LogP contribution in [0.1, 0.15) is 17.5 Å². The number of rotatable bonds is 2. The van der Waals surface area contributed by atoms with Crippen molar-refractivity contribution >= 4 is 11.6 Å². The van der Waals surface area contributed by atoms with Crippen LogP contribution in [0.15, 0.2) is 18.2 Å². The van der Waals surface area contributed by atoms with Gasteiger partial charge in [-0.25, -0.2) is 0 Å². The van der Waals surface area contributed by atoms with Crippen molar-refractivity contribution in [3.05, 3.63) is 34.3 Å². The summed E-state index contributed by atoms with van der Waals surface area (Å²) in [5, 5.41) is 9.08. The van der Waals surface area contributed by atoms with Gasteiger partial charge in [0.25, 0.3) is 0 Å². The van der Waals surface area contributed by atoms with Crippen molar-refractivity contribution in [1.29, 1.82) is 0 Å². The second kappa shape index (κ2) is 5.07. The van der Waals surface area contributed by atoms with Gasteiger partial charge in [-0.1, -0.05) is 17.7 Å². The normalized spacial score (nSPS) is 21.5. The molecule has 1 aromatic carbocycles. The molecular formula is C12H13ClF3NO. The molecule has 0 radical (unpaired) electrons. The Kier molecular flexibility index (Phi) is 3.84. The standard InChI is InChI=1S/C12H13ClF3NO/c13-11-2-1-8(5-10(11)12(14,15)16)6-17-4-3-9(18)7-17/h1-2,5,9,18H,3-4,6-7H2/t9-/m1/s1. The summed E-state index contributed by atoms with van der Waals surface area (Å²) in [6.07, 6.45) is -4.14. The van der Waals surface area contributed by atoms with Crippen molar-refractivity contribution in [3.8, 4) is 0 Å². The molecule has 2 nitrogen and oxygen atoms in total. The van der Waals surface area contributed by atoms with Crippen molar-refractivity contribution in [2.45, 2.75) is 25.2 Å². The Labute approximate surface area is 108 Å². The van der Waals surface area contributed by atoms with Crippen molar-refractivity contribution in [2.24, 2.45) is 0 Å². The van der Waals surface area contributed by atoms with Gasteiger partial charge in [0.2, 0.25) is 0 Å². The van der Waals surface area contributed by atoms with E-state index in [0.29, 0.717) is 31.6 Å². The molecule has 1 N–H and O–H groups in total. The van der Waals surface area contributed by atoms with Crippen LogP contribution in [0.2, 0.25) is 5.02 Å². The molecule has 0 amide bonds. The highest BCUT2D eigenvalue weighted by atomic mass is 35.5. The highest BCUT2D eigenvalue weighted by molar-refractivity contribution is 6.31. The lowest BCUT2D eigenvalue weighted by Crippen LogP contribution is -2.21. The lowest BCUT2D eigenvalue weighted by Gasteiger charge is -2.16. The molecule has 0 spiro atoms. The zero-order chi connectivity index (χ0) is 13.3. The minimum Gasteiger partial charge on any atom is -0.392 e. The van der Waals surface area contributed by atoms with E-state index in [4.69, 9.17) is 11.6 Å². The largest absolute Gasteiger partial charge is 0.417 e. The average Bonchev–Trinajstić information content (AvgIpc) is 2.65. The number of halogens is 4. The van der Waals surface area contributed by atoms with E-state index in [0.717, 1.165) is 6.07 Å². The molecule has 1 saturated heterocycles. The average molecular weight is 280 g/mol. The minimum absolute atomic E-state index is 0.285. The lowest BCUT2D eigenvalue weighted by atomic mass is 10.1. The zero-order valence-corrected chi connectivity index (χ0v) is 10.3. The predicted molar refractivity (Wildman–Crippen MR) is 62.4 cm³/mol. The van der Waals surface area contributed by atoms with Crippen molar-refractivity contribution in [3.63, 3.8) is 0 Å². The molecule has 1 aromatic rings. The van der Waals surface area contributed by atoms with Crippen molar-refractivity contribution in [2.75, 3.05) is 13.1 Å². The van der Waals surface area contributed by atoms with Crippen LogP contribution >= 0.6 is 11.6 Å². The first-order valence-electron chi connectivity index (χ1n) is 5.62.